The summed E-state index contributed by atoms with van der Waals surface area (Å²) in [6, 6.07) is 19.3. The zero-order valence-corrected chi connectivity index (χ0v) is 18.7. The Balaban J connectivity index is 1.75. The first-order valence-corrected chi connectivity index (χ1v) is 10.8. The number of nitrogens with zero attached hydrogens (tertiary/aromatic N) is 2. The third-order valence-electron chi connectivity index (χ3n) is 5.24. The molecule has 8 heteroatoms. The topological polar surface area (TPSA) is 72.7 Å². The van der Waals surface area contributed by atoms with E-state index in [4.69, 9.17) is 16.3 Å². The Kier molecular flexibility index (Phi) is 6.25. The molecule has 3 aromatic rings. The number of hydrogen-bond donors (Lipinski definition) is 0. The van der Waals surface area contributed by atoms with Gasteiger partial charge in [-0.05, 0) is 51.5 Å². The summed E-state index contributed by atoms with van der Waals surface area (Å²) in [6.07, 6.45) is 0.586. The molecule has 1 heterocycles. The van der Waals surface area contributed by atoms with Crippen LogP contribution < -0.4 is 4.90 Å². The molecule has 1 aliphatic heterocycles. The molecule has 0 saturated carbocycles. The van der Waals surface area contributed by atoms with Gasteiger partial charge < -0.3 is 4.74 Å². The maximum absolute atomic E-state index is 13.3. The van der Waals surface area contributed by atoms with Crippen LogP contribution in [0.25, 0.3) is 0 Å². The second-order valence-corrected chi connectivity index (χ2v) is 8.44. The number of benzene rings is 3. The number of anilines is 1. The number of nitro benzene ring substituents is 1. The number of amides is 1. The second kappa shape index (κ2) is 9.08. The Morgan fingerprint density at radius 3 is 2.58 bits per heavy atom. The van der Waals surface area contributed by atoms with Crippen LogP contribution in [0.2, 0.25) is 5.02 Å². The standard InChI is InChI=1S/C23H18BrClN2O4/c24-19-13-17(27(29)30)12-16-10-11-21(18-8-4-5-9-20(18)25)26(22(16)19)23(28)31-14-15-6-2-1-3-7-15/h1-9,12-13,21H,10-11,14H2. The summed E-state index contributed by atoms with van der Waals surface area (Å²) in [4.78, 5) is 25.7. The fraction of sp³-hybridized carbons (Fsp3) is 0.174. The molecule has 1 atom stereocenters. The lowest BCUT2D eigenvalue weighted by atomic mass is 9.91. The Morgan fingerprint density at radius 2 is 1.87 bits per heavy atom. The summed E-state index contributed by atoms with van der Waals surface area (Å²) in [7, 11) is 0. The largest absolute Gasteiger partial charge is 0.444 e. The highest BCUT2D eigenvalue weighted by Gasteiger charge is 2.36. The van der Waals surface area contributed by atoms with Gasteiger partial charge in [-0.25, -0.2) is 4.79 Å². The fourth-order valence-corrected chi connectivity index (χ4v) is 4.77. The van der Waals surface area contributed by atoms with Crippen LogP contribution in [0.1, 0.15) is 29.2 Å². The highest BCUT2D eigenvalue weighted by molar-refractivity contribution is 9.10. The van der Waals surface area contributed by atoms with Gasteiger partial charge >= 0.3 is 6.09 Å². The number of fused-ring (bicyclic) bond motifs is 1. The van der Waals surface area contributed by atoms with Crippen molar-refractivity contribution >= 4 is 45.0 Å². The van der Waals surface area contributed by atoms with E-state index in [1.54, 1.807) is 11.0 Å². The number of carbonyl (C=O) groups excluding carboxylic acids is 1. The lowest BCUT2D eigenvalue weighted by Gasteiger charge is -2.37. The minimum atomic E-state index is -0.538. The lowest BCUT2D eigenvalue weighted by Crippen LogP contribution is -2.39. The smallest absolute Gasteiger partial charge is 0.415 e. The molecule has 0 aliphatic carbocycles. The number of halogens is 2. The van der Waals surface area contributed by atoms with E-state index in [9.17, 15) is 14.9 Å². The third-order valence-corrected chi connectivity index (χ3v) is 6.19. The number of aryl methyl sites for hydroxylation is 1. The molecule has 0 bridgehead atoms. The van der Waals surface area contributed by atoms with Gasteiger partial charge in [-0.2, -0.15) is 0 Å². The van der Waals surface area contributed by atoms with Crippen molar-refractivity contribution in [3.63, 3.8) is 0 Å². The molecule has 31 heavy (non-hydrogen) atoms. The molecule has 6 nitrogen and oxygen atoms in total. The zero-order chi connectivity index (χ0) is 22.0. The van der Waals surface area contributed by atoms with Crippen molar-refractivity contribution < 1.29 is 14.5 Å². The number of carbonyl (C=O) groups is 1. The minimum Gasteiger partial charge on any atom is -0.444 e. The van der Waals surface area contributed by atoms with Crippen molar-refractivity contribution in [2.24, 2.45) is 0 Å². The predicted molar refractivity (Wildman–Crippen MR) is 122 cm³/mol. The number of non-ortho nitro benzene ring substituents is 1. The van der Waals surface area contributed by atoms with Gasteiger partial charge in [0.2, 0.25) is 0 Å². The fourth-order valence-electron chi connectivity index (χ4n) is 3.83. The van der Waals surface area contributed by atoms with Crippen LogP contribution in [0.4, 0.5) is 16.2 Å². The average Bonchev–Trinajstić information content (AvgIpc) is 2.77. The van der Waals surface area contributed by atoms with Crippen LogP contribution in [-0.2, 0) is 17.8 Å². The van der Waals surface area contributed by atoms with Crippen molar-refractivity contribution in [1.82, 2.24) is 0 Å². The average molecular weight is 502 g/mol. The zero-order valence-electron chi connectivity index (χ0n) is 16.3. The van der Waals surface area contributed by atoms with E-state index < -0.39 is 11.0 Å². The molecule has 0 N–H and O–H groups in total. The normalized spacial score (nSPS) is 15.3. The highest BCUT2D eigenvalue weighted by atomic mass is 79.9. The van der Waals surface area contributed by atoms with Gasteiger partial charge in [0.25, 0.3) is 5.69 Å². The molecular formula is C23H18BrClN2O4. The quantitative estimate of drug-likeness (QED) is 0.290. The Morgan fingerprint density at radius 1 is 1.16 bits per heavy atom. The van der Waals surface area contributed by atoms with Gasteiger partial charge in [0, 0.05) is 21.6 Å². The van der Waals surface area contributed by atoms with Gasteiger partial charge in [0.15, 0.2) is 0 Å². The summed E-state index contributed by atoms with van der Waals surface area (Å²) in [5, 5.41) is 11.9. The predicted octanol–water partition coefficient (Wildman–Crippen LogP) is 6.84. The minimum absolute atomic E-state index is 0.0283. The van der Waals surface area contributed by atoms with Gasteiger partial charge in [-0.15, -0.1) is 0 Å². The molecule has 0 spiro atoms. The van der Waals surface area contributed by atoms with Crippen molar-refractivity contribution in [3.8, 4) is 0 Å². The number of hydrogen-bond acceptors (Lipinski definition) is 4. The number of ether oxygens (including phenoxy) is 1. The van der Waals surface area contributed by atoms with Gasteiger partial charge in [0.05, 0.1) is 16.7 Å². The Labute approximate surface area is 192 Å². The molecule has 0 radical (unpaired) electrons. The van der Waals surface area contributed by atoms with Gasteiger partial charge in [-0.3, -0.25) is 15.0 Å². The molecule has 158 valence electrons. The van der Waals surface area contributed by atoms with E-state index in [-0.39, 0.29) is 18.3 Å². The van der Waals surface area contributed by atoms with E-state index in [2.05, 4.69) is 15.9 Å². The Bertz CT molecular complexity index is 1140. The summed E-state index contributed by atoms with van der Waals surface area (Å²) < 4.78 is 6.10. The van der Waals surface area contributed by atoms with E-state index in [0.717, 1.165) is 11.1 Å². The van der Waals surface area contributed by atoms with Gasteiger partial charge in [0.1, 0.15) is 6.61 Å². The summed E-state index contributed by atoms with van der Waals surface area (Å²) in [5.41, 5.74) is 2.92. The molecule has 1 aliphatic rings. The van der Waals surface area contributed by atoms with Crippen molar-refractivity contribution in [1.29, 1.82) is 0 Å². The van der Waals surface area contributed by atoms with Crippen LogP contribution in [0.5, 0.6) is 0 Å². The van der Waals surface area contributed by atoms with E-state index >= 15 is 0 Å². The summed E-state index contributed by atoms with van der Waals surface area (Å²) >= 11 is 9.89. The monoisotopic (exact) mass is 500 g/mol. The van der Waals surface area contributed by atoms with E-state index in [1.165, 1.54) is 12.1 Å². The summed E-state index contributed by atoms with van der Waals surface area (Å²) in [6.45, 7) is 0.116. The second-order valence-electron chi connectivity index (χ2n) is 7.18. The van der Waals surface area contributed by atoms with Gasteiger partial charge in [-0.1, -0.05) is 60.1 Å². The van der Waals surface area contributed by atoms with Crippen molar-refractivity contribution in [2.75, 3.05) is 4.90 Å². The van der Waals surface area contributed by atoms with E-state index in [1.807, 2.05) is 48.5 Å². The number of rotatable bonds is 4. The van der Waals surface area contributed by atoms with Crippen molar-refractivity contribution in [3.05, 3.63) is 103 Å². The Hall–Kier alpha value is -2.90. The van der Waals surface area contributed by atoms with Crippen LogP contribution in [0, 0.1) is 10.1 Å². The molecule has 1 unspecified atom stereocenters. The summed E-state index contributed by atoms with van der Waals surface area (Å²) in [5.74, 6) is 0. The van der Waals surface area contributed by atoms with Crippen LogP contribution >= 0.6 is 27.5 Å². The molecule has 4 rings (SSSR count). The van der Waals surface area contributed by atoms with Crippen molar-refractivity contribution in [2.45, 2.75) is 25.5 Å². The molecule has 1 amide bonds. The lowest BCUT2D eigenvalue weighted by molar-refractivity contribution is -0.385. The van der Waals surface area contributed by atoms with Crippen LogP contribution in [0.3, 0.4) is 0 Å². The molecule has 0 fully saturated rings. The first-order valence-electron chi connectivity index (χ1n) is 9.67. The van der Waals surface area contributed by atoms with E-state index in [0.29, 0.717) is 33.6 Å². The van der Waals surface area contributed by atoms with Crippen LogP contribution in [-0.4, -0.2) is 11.0 Å². The maximum Gasteiger partial charge on any atom is 0.415 e. The molecule has 3 aromatic carbocycles. The first-order chi connectivity index (χ1) is 15.0. The first kappa shape index (κ1) is 21.3. The molecular weight excluding hydrogens is 484 g/mol. The number of nitro groups is 1. The third kappa shape index (κ3) is 4.43. The molecule has 0 saturated heterocycles. The SMILES string of the molecule is O=C(OCc1ccccc1)N1c2c(Br)cc([N+](=O)[O-])cc2CCC1c1ccccc1Cl. The maximum atomic E-state index is 13.3. The highest BCUT2D eigenvalue weighted by Crippen LogP contribution is 2.46. The van der Waals surface area contributed by atoms with Crippen LogP contribution in [0.15, 0.2) is 71.2 Å². The molecule has 0 aromatic heterocycles.